The second kappa shape index (κ2) is 9.02. The van der Waals surface area contributed by atoms with Crippen molar-refractivity contribution in [2.45, 2.75) is 51.1 Å². The highest BCUT2D eigenvalue weighted by Gasteiger charge is 2.36. The number of amides is 2. The van der Waals surface area contributed by atoms with E-state index in [0.29, 0.717) is 53.9 Å². The average Bonchev–Trinajstić information content (AvgIpc) is 3.10. The molecule has 1 saturated carbocycles. The van der Waals surface area contributed by atoms with Gasteiger partial charge in [0.1, 0.15) is 5.78 Å². The monoisotopic (exact) mass is 438 g/mol. The van der Waals surface area contributed by atoms with E-state index in [0.717, 1.165) is 12.0 Å². The van der Waals surface area contributed by atoms with Gasteiger partial charge >= 0.3 is 0 Å². The van der Waals surface area contributed by atoms with Crippen LogP contribution in [0.4, 0.5) is 5.69 Å². The molecule has 1 aliphatic carbocycles. The second-order valence-corrected chi connectivity index (χ2v) is 8.41. The molecule has 160 valence electrons. The van der Waals surface area contributed by atoms with E-state index in [-0.39, 0.29) is 29.9 Å². The molecule has 0 saturated heterocycles. The van der Waals surface area contributed by atoms with E-state index >= 15 is 0 Å². The van der Waals surface area contributed by atoms with Gasteiger partial charge in [-0.15, -0.1) is 0 Å². The molecule has 0 spiro atoms. The van der Waals surface area contributed by atoms with E-state index in [4.69, 9.17) is 11.6 Å². The van der Waals surface area contributed by atoms with Crippen molar-refractivity contribution in [1.29, 1.82) is 0 Å². The number of fused-ring (bicyclic) bond motifs is 1. The SMILES string of the molecule is O=C1CCCCC(=O)C(N2Cc3cc(NC(=O)c4ccccc4Cl)ccc3C2=O)CC1. The van der Waals surface area contributed by atoms with Gasteiger partial charge in [-0.3, -0.25) is 19.2 Å². The summed E-state index contributed by atoms with van der Waals surface area (Å²) >= 11 is 6.10. The minimum atomic E-state index is -0.580. The summed E-state index contributed by atoms with van der Waals surface area (Å²) in [7, 11) is 0. The molecule has 0 bridgehead atoms. The summed E-state index contributed by atoms with van der Waals surface area (Å²) in [6.07, 6.45) is 2.97. The Morgan fingerprint density at radius 2 is 1.77 bits per heavy atom. The van der Waals surface area contributed by atoms with Crippen LogP contribution < -0.4 is 5.32 Å². The fourth-order valence-corrected chi connectivity index (χ4v) is 4.44. The van der Waals surface area contributed by atoms with E-state index in [1.54, 1.807) is 47.4 Å². The highest BCUT2D eigenvalue weighted by molar-refractivity contribution is 6.34. The van der Waals surface area contributed by atoms with Gasteiger partial charge in [-0.25, -0.2) is 0 Å². The number of rotatable bonds is 3. The zero-order valence-corrected chi connectivity index (χ0v) is 17.8. The Balaban J connectivity index is 1.52. The minimum absolute atomic E-state index is 0.0168. The third kappa shape index (κ3) is 4.54. The van der Waals surface area contributed by atoms with Gasteiger partial charge < -0.3 is 10.2 Å². The molecule has 1 unspecified atom stereocenters. The van der Waals surface area contributed by atoms with Gasteiger partial charge in [-0.05, 0) is 55.2 Å². The normalized spacial score (nSPS) is 19.5. The lowest BCUT2D eigenvalue weighted by molar-refractivity contribution is -0.124. The highest BCUT2D eigenvalue weighted by Crippen LogP contribution is 2.30. The molecule has 2 aromatic carbocycles. The third-order valence-electron chi connectivity index (χ3n) is 5.89. The maximum absolute atomic E-state index is 13.0. The van der Waals surface area contributed by atoms with Crippen LogP contribution in [0.5, 0.6) is 0 Å². The zero-order valence-electron chi connectivity index (χ0n) is 17.0. The summed E-state index contributed by atoms with van der Waals surface area (Å²) in [5.74, 6) is -0.378. The summed E-state index contributed by atoms with van der Waals surface area (Å²) in [6, 6.07) is 11.3. The summed E-state index contributed by atoms with van der Waals surface area (Å²) in [5, 5.41) is 3.17. The number of carbonyl (C=O) groups excluding carboxylic acids is 4. The number of benzene rings is 2. The Morgan fingerprint density at radius 3 is 2.58 bits per heavy atom. The fourth-order valence-electron chi connectivity index (χ4n) is 4.22. The van der Waals surface area contributed by atoms with E-state index in [9.17, 15) is 19.2 Å². The molecule has 1 aliphatic heterocycles. The van der Waals surface area contributed by atoms with Crippen LogP contribution in [0.25, 0.3) is 0 Å². The zero-order chi connectivity index (χ0) is 22.0. The molecule has 6 nitrogen and oxygen atoms in total. The third-order valence-corrected chi connectivity index (χ3v) is 6.22. The van der Waals surface area contributed by atoms with Crippen LogP contribution in [-0.4, -0.2) is 34.3 Å². The van der Waals surface area contributed by atoms with Crippen molar-refractivity contribution in [3.8, 4) is 0 Å². The first-order valence-corrected chi connectivity index (χ1v) is 10.9. The Morgan fingerprint density at radius 1 is 1.00 bits per heavy atom. The van der Waals surface area contributed by atoms with Crippen LogP contribution in [0.3, 0.4) is 0 Å². The predicted molar refractivity (Wildman–Crippen MR) is 117 cm³/mol. The maximum atomic E-state index is 13.0. The number of hydrogen-bond donors (Lipinski definition) is 1. The first-order valence-electron chi connectivity index (χ1n) is 10.5. The molecule has 31 heavy (non-hydrogen) atoms. The van der Waals surface area contributed by atoms with Crippen LogP contribution in [-0.2, 0) is 16.1 Å². The van der Waals surface area contributed by atoms with E-state index < -0.39 is 6.04 Å². The lowest BCUT2D eigenvalue weighted by Crippen LogP contribution is -2.41. The number of hydrogen-bond acceptors (Lipinski definition) is 4. The highest BCUT2D eigenvalue weighted by atomic mass is 35.5. The molecule has 1 atom stereocenters. The first-order chi connectivity index (χ1) is 14.9. The van der Waals surface area contributed by atoms with Gasteiger partial charge in [0.15, 0.2) is 5.78 Å². The molecule has 7 heteroatoms. The number of nitrogens with one attached hydrogen (secondary N) is 1. The fraction of sp³-hybridized carbons (Fsp3) is 0.333. The Hall–Kier alpha value is -2.99. The van der Waals surface area contributed by atoms with Crippen molar-refractivity contribution in [3.63, 3.8) is 0 Å². The summed E-state index contributed by atoms with van der Waals surface area (Å²) < 4.78 is 0. The largest absolute Gasteiger partial charge is 0.324 e. The van der Waals surface area contributed by atoms with Gasteiger partial charge in [-0.1, -0.05) is 23.7 Å². The number of anilines is 1. The molecule has 1 heterocycles. The van der Waals surface area contributed by atoms with Gasteiger partial charge in [0, 0.05) is 37.1 Å². The summed E-state index contributed by atoms with van der Waals surface area (Å²) in [6.45, 7) is 0.286. The van der Waals surface area contributed by atoms with Crippen molar-refractivity contribution < 1.29 is 19.2 Å². The lowest BCUT2D eigenvalue weighted by atomic mass is 10.0. The molecule has 2 aliphatic rings. The number of Topliss-reactive ketones (excluding diaryl/α,β-unsaturated/α-hetero) is 2. The van der Waals surface area contributed by atoms with Gasteiger partial charge in [0.2, 0.25) is 0 Å². The van der Waals surface area contributed by atoms with Crippen molar-refractivity contribution in [2.75, 3.05) is 5.32 Å². The molecule has 4 rings (SSSR count). The van der Waals surface area contributed by atoms with Crippen LogP contribution >= 0.6 is 11.6 Å². The summed E-state index contributed by atoms with van der Waals surface area (Å²) in [4.78, 5) is 51.8. The number of carbonyl (C=O) groups is 4. The first kappa shape index (κ1) is 21.2. The molecule has 2 aromatic rings. The van der Waals surface area contributed by atoms with Gasteiger partial charge in [-0.2, -0.15) is 0 Å². The van der Waals surface area contributed by atoms with Crippen molar-refractivity contribution in [2.24, 2.45) is 0 Å². The quantitative estimate of drug-likeness (QED) is 0.769. The molecule has 0 aromatic heterocycles. The number of nitrogens with zero attached hydrogens (tertiary/aromatic N) is 1. The smallest absolute Gasteiger partial charge is 0.257 e. The molecule has 2 amide bonds. The van der Waals surface area contributed by atoms with E-state index in [1.165, 1.54) is 0 Å². The van der Waals surface area contributed by atoms with Crippen LogP contribution in [0, 0.1) is 0 Å². The Labute approximate surface area is 185 Å². The number of halogens is 1. The van der Waals surface area contributed by atoms with Crippen LogP contribution in [0.2, 0.25) is 5.02 Å². The van der Waals surface area contributed by atoms with Gasteiger partial charge in [0.05, 0.1) is 16.6 Å². The van der Waals surface area contributed by atoms with Crippen molar-refractivity contribution in [3.05, 3.63) is 64.2 Å². The average molecular weight is 439 g/mol. The Bertz CT molecular complexity index is 1070. The lowest BCUT2D eigenvalue weighted by Gasteiger charge is -2.26. The molecular formula is C24H23ClN2O4. The molecular weight excluding hydrogens is 416 g/mol. The number of ketones is 2. The Kier molecular flexibility index (Phi) is 6.18. The maximum Gasteiger partial charge on any atom is 0.257 e. The van der Waals surface area contributed by atoms with E-state index in [1.807, 2.05) is 0 Å². The predicted octanol–water partition coefficient (Wildman–Crippen LogP) is 4.41. The standard InChI is InChI=1S/C24H23ClN2O4/c25-20-7-3-2-6-19(20)23(30)26-16-9-11-18-15(13-16)14-27(24(18)31)21-12-10-17(28)5-1-4-8-22(21)29/h2-3,6-7,9,11,13,21H,1,4-5,8,10,12,14H2,(H,26,30). The molecule has 0 radical (unpaired) electrons. The molecule has 1 fully saturated rings. The van der Waals surface area contributed by atoms with Crippen LogP contribution in [0.1, 0.15) is 64.8 Å². The van der Waals surface area contributed by atoms with E-state index in [2.05, 4.69) is 5.32 Å². The van der Waals surface area contributed by atoms with Crippen molar-refractivity contribution >= 4 is 40.7 Å². The summed E-state index contributed by atoms with van der Waals surface area (Å²) in [5.41, 5.74) is 2.19. The van der Waals surface area contributed by atoms with Crippen molar-refractivity contribution in [1.82, 2.24) is 4.90 Å². The molecule has 1 N–H and O–H groups in total. The second-order valence-electron chi connectivity index (χ2n) is 8.01. The van der Waals surface area contributed by atoms with Gasteiger partial charge in [0.25, 0.3) is 11.8 Å². The minimum Gasteiger partial charge on any atom is -0.324 e. The topological polar surface area (TPSA) is 83.6 Å². The van der Waals surface area contributed by atoms with Crippen LogP contribution in [0.15, 0.2) is 42.5 Å².